The summed E-state index contributed by atoms with van der Waals surface area (Å²) in [5, 5.41) is -0.0563. The van der Waals surface area contributed by atoms with Crippen molar-refractivity contribution < 1.29 is 41.3 Å². The van der Waals surface area contributed by atoms with Crippen LogP contribution in [0.1, 0.15) is 23.8 Å². The summed E-state index contributed by atoms with van der Waals surface area (Å²) in [6.07, 6.45) is -5.01. The molecule has 0 N–H and O–H groups in total. The molecule has 39 heavy (non-hydrogen) atoms. The highest BCUT2D eigenvalue weighted by Gasteiger charge is 2.41. The Bertz CT molecular complexity index is 1620. The lowest BCUT2D eigenvalue weighted by molar-refractivity contribution is -0.154. The number of fused-ring (bicyclic) bond motifs is 4. The van der Waals surface area contributed by atoms with Gasteiger partial charge in [-0.3, -0.25) is 9.69 Å². The first-order valence-corrected chi connectivity index (χ1v) is 12.1. The van der Waals surface area contributed by atoms with Crippen LogP contribution < -0.4 is 29.1 Å². The van der Waals surface area contributed by atoms with E-state index in [4.69, 9.17) is 28.1 Å². The van der Waals surface area contributed by atoms with Crippen molar-refractivity contribution in [2.24, 2.45) is 0 Å². The average molecular weight is 541 g/mol. The SMILES string of the molecule is CCOc1ccccc1Oc1c(C(F)(F)F)oc2c3c(ccc2c1=O)OCN(Cc1ccc2c(c1)OCO2)C3. The van der Waals surface area contributed by atoms with E-state index in [1.54, 1.807) is 31.2 Å². The zero-order valence-electron chi connectivity index (χ0n) is 20.7. The fraction of sp³-hybridized carbons (Fsp3) is 0.250. The molecule has 0 atom stereocenters. The first kappa shape index (κ1) is 24.9. The van der Waals surface area contributed by atoms with Crippen molar-refractivity contribution in [3.8, 4) is 34.5 Å². The van der Waals surface area contributed by atoms with E-state index < -0.39 is 23.1 Å². The van der Waals surface area contributed by atoms with Gasteiger partial charge in [-0.25, -0.2) is 0 Å². The van der Waals surface area contributed by atoms with Gasteiger partial charge in [0.15, 0.2) is 23.0 Å². The van der Waals surface area contributed by atoms with Crippen molar-refractivity contribution in [1.82, 2.24) is 4.90 Å². The van der Waals surface area contributed by atoms with Crippen molar-refractivity contribution in [1.29, 1.82) is 0 Å². The van der Waals surface area contributed by atoms with Crippen LogP contribution in [-0.2, 0) is 19.3 Å². The maximum absolute atomic E-state index is 14.2. The number of nitrogens with zero attached hydrogens (tertiary/aromatic N) is 1. The second-order valence-electron chi connectivity index (χ2n) is 8.94. The van der Waals surface area contributed by atoms with Gasteiger partial charge in [0.1, 0.15) is 18.1 Å². The number of rotatable bonds is 6. The highest BCUT2D eigenvalue weighted by atomic mass is 19.4. The Morgan fingerprint density at radius 2 is 1.72 bits per heavy atom. The molecule has 1 aromatic heterocycles. The number of ether oxygens (including phenoxy) is 5. The van der Waals surface area contributed by atoms with Crippen LogP contribution >= 0.6 is 0 Å². The van der Waals surface area contributed by atoms with E-state index in [-0.39, 0.29) is 49.1 Å². The van der Waals surface area contributed by atoms with E-state index in [1.165, 1.54) is 18.2 Å². The number of halogens is 3. The van der Waals surface area contributed by atoms with Crippen LogP contribution in [0.15, 0.2) is 63.8 Å². The van der Waals surface area contributed by atoms with Crippen LogP contribution in [0.25, 0.3) is 11.0 Å². The van der Waals surface area contributed by atoms with E-state index in [0.29, 0.717) is 29.4 Å². The van der Waals surface area contributed by atoms with Crippen molar-refractivity contribution in [2.75, 3.05) is 20.1 Å². The third-order valence-corrected chi connectivity index (χ3v) is 6.32. The fourth-order valence-electron chi connectivity index (χ4n) is 4.59. The predicted octanol–water partition coefficient (Wildman–Crippen LogP) is 6.08. The number of alkyl halides is 3. The lowest BCUT2D eigenvalue weighted by atomic mass is 10.1. The summed E-state index contributed by atoms with van der Waals surface area (Å²) >= 11 is 0. The molecule has 202 valence electrons. The van der Waals surface area contributed by atoms with E-state index in [2.05, 4.69) is 0 Å². The second kappa shape index (κ2) is 9.73. The summed E-state index contributed by atoms with van der Waals surface area (Å²) in [4.78, 5) is 15.3. The monoisotopic (exact) mass is 541 g/mol. The topological polar surface area (TPSA) is 79.6 Å². The molecule has 0 radical (unpaired) electrons. The minimum absolute atomic E-state index is 0.0345. The lowest BCUT2D eigenvalue weighted by Crippen LogP contribution is -2.32. The first-order valence-electron chi connectivity index (χ1n) is 12.1. The molecule has 0 saturated carbocycles. The van der Waals surface area contributed by atoms with Crippen LogP contribution in [0.4, 0.5) is 13.2 Å². The molecule has 3 aromatic carbocycles. The van der Waals surface area contributed by atoms with Gasteiger partial charge < -0.3 is 28.1 Å². The van der Waals surface area contributed by atoms with Crippen LogP contribution in [0.5, 0.6) is 34.5 Å². The maximum Gasteiger partial charge on any atom is 0.453 e. The molecule has 0 spiro atoms. The zero-order valence-corrected chi connectivity index (χ0v) is 20.7. The zero-order chi connectivity index (χ0) is 27.1. The van der Waals surface area contributed by atoms with Gasteiger partial charge in [-0.05, 0) is 48.9 Å². The Hall–Kier alpha value is -4.38. The molecule has 3 heterocycles. The summed E-state index contributed by atoms with van der Waals surface area (Å²) in [6, 6.07) is 14.6. The number of benzene rings is 3. The normalized spacial score (nSPS) is 14.7. The van der Waals surface area contributed by atoms with Gasteiger partial charge in [0.25, 0.3) is 5.76 Å². The molecule has 0 fully saturated rings. The van der Waals surface area contributed by atoms with Crippen molar-refractivity contribution >= 4 is 11.0 Å². The van der Waals surface area contributed by atoms with Crippen molar-refractivity contribution in [2.45, 2.75) is 26.2 Å². The van der Waals surface area contributed by atoms with Crippen LogP contribution in [0.2, 0.25) is 0 Å². The maximum atomic E-state index is 14.2. The molecule has 6 rings (SSSR count). The largest absolute Gasteiger partial charge is 0.490 e. The predicted molar refractivity (Wildman–Crippen MR) is 132 cm³/mol. The number of para-hydroxylation sites is 2. The summed E-state index contributed by atoms with van der Waals surface area (Å²) in [5.74, 6) is -0.720. The van der Waals surface area contributed by atoms with Crippen LogP contribution in [-0.4, -0.2) is 25.0 Å². The van der Waals surface area contributed by atoms with Gasteiger partial charge in [-0.2, -0.15) is 13.2 Å². The van der Waals surface area contributed by atoms with E-state index in [1.807, 2.05) is 17.0 Å². The second-order valence-corrected chi connectivity index (χ2v) is 8.94. The Kier molecular flexibility index (Phi) is 6.22. The van der Waals surface area contributed by atoms with Gasteiger partial charge in [0.2, 0.25) is 18.0 Å². The van der Waals surface area contributed by atoms with Crippen molar-refractivity contribution in [3.63, 3.8) is 0 Å². The quantitative estimate of drug-likeness (QED) is 0.291. The Balaban J connectivity index is 1.39. The highest BCUT2D eigenvalue weighted by molar-refractivity contribution is 5.84. The van der Waals surface area contributed by atoms with Gasteiger partial charge in [-0.1, -0.05) is 18.2 Å². The molecule has 2 aliphatic heterocycles. The third-order valence-electron chi connectivity index (χ3n) is 6.32. The van der Waals surface area contributed by atoms with E-state index in [9.17, 15) is 18.0 Å². The lowest BCUT2D eigenvalue weighted by Gasteiger charge is -2.29. The highest BCUT2D eigenvalue weighted by Crippen LogP contribution is 2.42. The van der Waals surface area contributed by atoms with Gasteiger partial charge in [0.05, 0.1) is 17.6 Å². The molecule has 2 aliphatic rings. The number of hydrogen-bond acceptors (Lipinski definition) is 8. The minimum Gasteiger partial charge on any atom is -0.490 e. The molecule has 0 saturated heterocycles. The Morgan fingerprint density at radius 1 is 0.949 bits per heavy atom. The molecule has 0 amide bonds. The van der Waals surface area contributed by atoms with Crippen LogP contribution in [0.3, 0.4) is 0 Å². The third kappa shape index (κ3) is 4.69. The molecular weight excluding hydrogens is 519 g/mol. The molecule has 0 bridgehead atoms. The number of hydrogen-bond donors (Lipinski definition) is 0. The summed E-state index contributed by atoms with van der Waals surface area (Å²) in [5.41, 5.74) is 0.0761. The van der Waals surface area contributed by atoms with E-state index >= 15 is 0 Å². The smallest absolute Gasteiger partial charge is 0.453 e. The minimum atomic E-state index is -5.01. The fourth-order valence-corrected chi connectivity index (χ4v) is 4.59. The molecule has 0 unspecified atom stereocenters. The summed E-state index contributed by atoms with van der Waals surface area (Å²) in [7, 11) is 0. The Labute approximate surface area is 220 Å². The summed E-state index contributed by atoms with van der Waals surface area (Å²) < 4.78 is 75.6. The van der Waals surface area contributed by atoms with Gasteiger partial charge in [0, 0.05) is 13.1 Å². The Morgan fingerprint density at radius 3 is 2.51 bits per heavy atom. The summed E-state index contributed by atoms with van der Waals surface area (Å²) in [6.45, 7) is 2.93. The van der Waals surface area contributed by atoms with Crippen LogP contribution in [0, 0.1) is 0 Å². The molecule has 0 aliphatic carbocycles. The van der Waals surface area contributed by atoms with Gasteiger partial charge >= 0.3 is 6.18 Å². The molecule has 4 aromatic rings. The first-order chi connectivity index (χ1) is 18.8. The van der Waals surface area contributed by atoms with Crippen molar-refractivity contribution in [3.05, 3.63) is 81.7 Å². The van der Waals surface area contributed by atoms with Gasteiger partial charge in [-0.15, -0.1) is 0 Å². The molecule has 8 nitrogen and oxygen atoms in total. The van der Waals surface area contributed by atoms with E-state index in [0.717, 1.165) is 5.56 Å². The molecular formula is C28H22F3NO7. The molecule has 11 heteroatoms. The standard InChI is InChI=1S/C28H22F3NO7/c1-2-34-20-5-3-4-6-22(20)38-26-24(33)17-8-10-19-18(25(17)39-27(26)28(29,30)31)13-32(14-35-19)12-16-7-9-21-23(11-16)37-15-36-21/h3-11H,2,12-15H2,1H3. The average Bonchev–Trinajstić information content (AvgIpc) is 3.38.